The third kappa shape index (κ3) is 2.04. The van der Waals surface area contributed by atoms with Crippen molar-refractivity contribution in [3.8, 4) is 11.4 Å². The second-order valence-corrected chi connectivity index (χ2v) is 4.47. The molecule has 0 aromatic carbocycles. The van der Waals surface area contributed by atoms with Gasteiger partial charge in [-0.1, -0.05) is 12.2 Å². The van der Waals surface area contributed by atoms with Gasteiger partial charge in [0, 0.05) is 23.7 Å². The van der Waals surface area contributed by atoms with Crippen LogP contribution < -0.4 is 5.73 Å². The number of hydrogen-bond donors (Lipinski definition) is 1. The third-order valence-corrected chi connectivity index (χ3v) is 2.84. The van der Waals surface area contributed by atoms with Crippen LogP contribution in [-0.4, -0.2) is 29.6 Å². The minimum Gasteiger partial charge on any atom is -0.388 e. The smallest absolute Gasteiger partial charge is 0.253 e. The maximum atomic E-state index is 5.70. The highest BCUT2D eigenvalue weighted by Gasteiger charge is 2.12. The van der Waals surface area contributed by atoms with Crippen molar-refractivity contribution in [3.05, 3.63) is 42.0 Å². The quantitative estimate of drug-likeness (QED) is 0.703. The Hall–Kier alpha value is -2.41. The Balaban J connectivity index is 2.26. The van der Waals surface area contributed by atoms with Gasteiger partial charge in [-0.15, -0.1) is 5.10 Å². The Morgan fingerprint density at radius 2 is 2.00 bits per heavy atom. The van der Waals surface area contributed by atoms with E-state index in [1.807, 2.05) is 19.1 Å². The second-order valence-electron chi connectivity index (χ2n) is 4.03. The van der Waals surface area contributed by atoms with Crippen molar-refractivity contribution in [2.75, 3.05) is 0 Å². The summed E-state index contributed by atoms with van der Waals surface area (Å²) in [6, 6.07) is 5.46. The zero-order valence-electron chi connectivity index (χ0n) is 10.1. The highest BCUT2D eigenvalue weighted by Crippen LogP contribution is 2.15. The molecule has 6 nitrogen and oxygen atoms in total. The summed E-state index contributed by atoms with van der Waals surface area (Å²) in [5.41, 5.74) is 7.99. The predicted octanol–water partition coefficient (Wildman–Crippen LogP) is 1.13. The maximum Gasteiger partial charge on any atom is 0.253 e. The fourth-order valence-corrected chi connectivity index (χ4v) is 1.93. The van der Waals surface area contributed by atoms with E-state index in [1.54, 1.807) is 23.0 Å². The fourth-order valence-electron chi connectivity index (χ4n) is 1.79. The Morgan fingerprint density at radius 3 is 2.68 bits per heavy atom. The average Bonchev–Trinajstić information content (AvgIpc) is 2.82. The van der Waals surface area contributed by atoms with Gasteiger partial charge in [0.05, 0.1) is 0 Å². The van der Waals surface area contributed by atoms with Crippen molar-refractivity contribution >= 4 is 23.0 Å². The molecule has 0 radical (unpaired) electrons. The zero-order valence-corrected chi connectivity index (χ0v) is 10.9. The Labute approximate surface area is 114 Å². The summed E-state index contributed by atoms with van der Waals surface area (Å²) >= 11 is 5.03. The van der Waals surface area contributed by atoms with Crippen molar-refractivity contribution in [2.24, 2.45) is 5.73 Å². The summed E-state index contributed by atoms with van der Waals surface area (Å²) in [5.74, 6) is 1.05. The highest BCUT2D eigenvalue weighted by atomic mass is 32.1. The van der Waals surface area contributed by atoms with Gasteiger partial charge < -0.3 is 5.73 Å². The molecule has 0 unspecified atom stereocenters. The Kier molecular flexibility index (Phi) is 2.68. The molecule has 3 heterocycles. The van der Waals surface area contributed by atoms with Gasteiger partial charge >= 0.3 is 0 Å². The molecule has 0 aliphatic carbocycles. The first kappa shape index (κ1) is 11.7. The summed E-state index contributed by atoms with van der Waals surface area (Å²) in [4.78, 5) is 12.9. The molecule has 3 rings (SSSR count). The molecule has 0 amide bonds. The minimum absolute atomic E-state index is 0.265. The number of nitrogens with two attached hydrogens (primary N) is 1. The highest BCUT2D eigenvalue weighted by molar-refractivity contribution is 7.80. The van der Waals surface area contributed by atoms with Crippen molar-refractivity contribution < 1.29 is 0 Å². The van der Waals surface area contributed by atoms with E-state index in [2.05, 4.69) is 20.1 Å². The Bertz CT molecular complexity index is 764. The topological polar surface area (TPSA) is 82.0 Å². The fraction of sp³-hybridized carbons (Fsp3) is 0.0833. The lowest BCUT2D eigenvalue weighted by Gasteiger charge is -2.01. The number of thiocarbonyl (C=S) groups is 1. The van der Waals surface area contributed by atoms with Gasteiger partial charge in [-0.2, -0.15) is 9.50 Å². The normalized spacial score (nSPS) is 10.8. The molecule has 0 spiro atoms. The minimum atomic E-state index is 0.265. The molecular weight excluding hydrogens is 260 g/mol. The largest absolute Gasteiger partial charge is 0.388 e. The lowest BCUT2D eigenvalue weighted by molar-refractivity contribution is 0.920. The molecule has 0 aliphatic heterocycles. The van der Waals surface area contributed by atoms with Crippen molar-refractivity contribution in [1.29, 1.82) is 0 Å². The van der Waals surface area contributed by atoms with Crippen LogP contribution in [0.3, 0.4) is 0 Å². The van der Waals surface area contributed by atoms with Crippen molar-refractivity contribution in [2.45, 2.75) is 6.92 Å². The van der Waals surface area contributed by atoms with Crippen molar-refractivity contribution in [3.63, 3.8) is 0 Å². The van der Waals surface area contributed by atoms with E-state index in [-0.39, 0.29) is 4.99 Å². The van der Waals surface area contributed by atoms with Gasteiger partial charge in [-0.25, -0.2) is 4.98 Å². The molecule has 0 saturated carbocycles. The molecule has 19 heavy (non-hydrogen) atoms. The number of pyridine rings is 1. The SMILES string of the molecule is Cc1cc(C(N)=S)n2nc(-c3ccncc3)nc2n1. The number of aryl methyl sites for hydroxylation is 1. The van der Waals surface area contributed by atoms with E-state index in [4.69, 9.17) is 18.0 Å². The molecule has 3 aromatic rings. The standard InChI is InChI=1S/C12H10N6S/c1-7-6-9(10(13)19)18-12(15-7)16-11(17-18)8-2-4-14-5-3-8/h2-6H,1H3,(H2,13,19). The number of aromatic nitrogens is 5. The lowest BCUT2D eigenvalue weighted by Crippen LogP contribution is -2.16. The first-order valence-electron chi connectivity index (χ1n) is 5.60. The van der Waals surface area contributed by atoms with Gasteiger partial charge in [0.15, 0.2) is 5.82 Å². The summed E-state index contributed by atoms with van der Waals surface area (Å²) in [5, 5.41) is 4.39. The van der Waals surface area contributed by atoms with Crippen LogP contribution in [0.5, 0.6) is 0 Å². The number of nitrogens with zero attached hydrogens (tertiary/aromatic N) is 5. The average molecular weight is 270 g/mol. The maximum absolute atomic E-state index is 5.70. The molecular formula is C12H10N6S. The van der Waals surface area contributed by atoms with E-state index in [1.165, 1.54) is 0 Å². The summed E-state index contributed by atoms with van der Waals surface area (Å²) < 4.78 is 1.56. The van der Waals surface area contributed by atoms with Crippen LogP contribution in [0.2, 0.25) is 0 Å². The Morgan fingerprint density at radius 1 is 1.26 bits per heavy atom. The predicted molar refractivity (Wildman–Crippen MR) is 74.6 cm³/mol. The lowest BCUT2D eigenvalue weighted by atomic mass is 10.3. The summed E-state index contributed by atoms with van der Waals surface area (Å²) in [6.07, 6.45) is 3.38. The van der Waals surface area contributed by atoms with Crippen LogP contribution in [0.15, 0.2) is 30.6 Å². The summed E-state index contributed by atoms with van der Waals surface area (Å²) in [6.45, 7) is 1.86. The van der Waals surface area contributed by atoms with Crippen LogP contribution in [0.25, 0.3) is 17.2 Å². The number of hydrogen-bond acceptors (Lipinski definition) is 5. The molecule has 3 aromatic heterocycles. The third-order valence-electron chi connectivity index (χ3n) is 2.63. The molecule has 0 fully saturated rings. The van der Waals surface area contributed by atoms with Gasteiger partial charge in [-0.3, -0.25) is 4.98 Å². The number of rotatable bonds is 2. The monoisotopic (exact) mass is 270 g/mol. The summed E-state index contributed by atoms with van der Waals surface area (Å²) in [7, 11) is 0. The van der Waals surface area contributed by atoms with Gasteiger partial charge in [-0.05, 0) is 25.1 Å². The molecule has 2 N–H and O–H groups in total. The molecule has 0 bridgehead atoms. The van der Waals surface area contributed by atoms with Gasteiger partial charge in [0.25, 0.3) is 5.78 Å². The van der Waals surface area contributed by atoms with E-state index in [0.29, 0.717) is 17.3 Å². The van der Waals surface area contributed by atoms with Crippen LogP contribution in [0.4, 0.5) is 0 Å². The van der Waals surface area contributed by atoms with Crippen LogP contribution in [-0.2, 0) is 0 Å². The van der Waals surface area contributed by atoms with E-state index < -0.39 is 0 Å². The van der Waals surface area contributed by atoms with Crippen molar-refractivity contribution in [1.82, 2.24) is 24.6 Å². The van der Waals surface area contributed by atoms with E-state index in [0.717, 1.165) is 11.3 Å². The first-order chi connectivity index (χ1) is 9.15. The van der Waals surface area contributed by atoms with Crippen LogP contribution >= 0.6 is 12.2 Å². The second kappa shape index (κ2) is 4.36. The first-order valence-corrected chi connectivity index (χ1v) is 6.00. The number of fused-ring (bicyclic) bond motifs is 1. The molecule has 0 atom stereocenters. The van der Waals surface area contributed by atoms with Crippen LogP contribution in [0, 0.1) is 6.92 Å². The zero-order chi connectivity index (χ0) is 13.4. The molecule has 0 saturated heterocycles. The molecule has 0 aliphatic rings. The van der Waals surface area contributed by atoms with Crippen LogP contribution in [0.1, 0.15) is 11.4 Å². The van der Waals surface area contributed by atoms with Gasteiger partial charge in [0.2, 0.25) is 0 Å². The molecule has 94 valence electrons. The van der Waals surface area contributed by atoms with E-state index in [9.17, 15) is 0 Å². The van der Waals surface area contributed by atoms with E-state index >= 15 is 0 Å². The molecule has 7 heteroatoms. The van der Waals surface area contributed by atoms with Gasteiger partial charge in [0.1, 0.15) is 10.7 Å².